The van der Waals surface area contributed by atoms with Crippen molar-refractivity contribution in [1.29, 1.82) is 0 Å². The molecule has 4 aromatic carbocycles. The maximum Gasteiger partial charge on any atom is 0.317 e. The van der Waals surface area contributed by atoms with E-state index in [4.69, 9.17) is 5.73 Å². The molecule has 0 saturated carbocycles. The fourth-order valence-electron chi connectivity index (χ4n) is 11.9. The third kappa shape index (κ3) is 25.6. The molecule has 0 aliphatic carbocycles. The minimum atomic E-state index is -1.76. The molecular formula is C69H94N14O17S2. The largest absolute Gasteiger partial charge is 0.480 e. The summed E-state index contributed by atoms with van der Waals surface area (Å²) in [4.78, 5) is 165. The number of hydrogen-bond acceptors (Lipinski definition) is 21. The van der Waals surface area contributed by atoms with Gasteiger partial charge in [-0.1, -0.05) is 113 Å². The highest BCUT2D eigenvalue weighted by Gasteiger charge is 2.38. The highest BCUT2D eigenvalue weighted by molar-refractivity contribution is 8.76. The number of amides is 8. The van der Waals surface area contributed by atoms with Gasteiger partial charge in [0.05, 0.1) is 51.0 Å². The first kappa shape index (κ1) is 80.5. The number of rotatable bonds is 26. The second kappa shape index (κ2) is 40.8. The number of nitrogens with zero attached hydrogens (tertiary/aromatic N) is 4. The molecule has 2 saturated heterocycles. The molecule has 3 heterocycles. The van der Waals surface area contributed by atoms with E-state index >= 15 is 19.2 Å². The average Bonchev–Trinajstić information content (AvgIpc) is 1.51. The van der Waals surface area contributed by atoms with Gasteiger partial charge in [-0.3, -0.25) is 72.3 Å². The number of aromatic nitrogens is 1. The predicted octanol–water partition coefficient (Wildman–Crippen LogP) is -2.02. The van der Waals surface area contributed by atoms with Crippen LogP contribution in [-0.4, -0.2) is 284 Å². The number of para-hydroxylation sites is 1. The first-order chi connectivity index (χ1) is 48.9. The Morgan fingerprint density at radius 2 is 1.09 bits per heavy atom. The number of carboxylic acids is 3. The lowest BCUT2D eigenvalue weighted by molar-refractivity contribution is -0.140. The van der Waals surface area contributed by atoms with Gasteiger partial charge < -0.3 is 83.9 Å². The van der Waals surface area contributed by atoms with Crippen LogP contribution in [0.2, 0.25) is 0 Å². The number of H-pyrrole nitrogens is 1. The molecule has 0 radical (unpaired) electrons. The van der Waals surface area contributed by atoms with Crippen LogP contribution in [0.15, 0.2) is 103 Å². The summed E-state index contributed by atoms with van der Waals surface area (Å²) >= 11 is 0. The van der Waals surface area contributed by atoms with E-state index in [2.05, 4.69) is 47.5 Å². The second-order valence-electron chi connectivity index (χ2n) is 25.4. The number of fused-ring (bicyclic) bond motifs is 2. The van der Waals surface area contributed by atoms with E-state index in [-0.39, 0.29) is 109 Å². The Morgan fingerprint density at radius 1 is 0.569 bits per heavy atom. The van der Waals surface area contributed by atoms with Gasteiger partial charge in [0.1, 0.15) is 42.3 Å². The molecule has 554 valence electrons. The lowest BCUT2D eigenvalue weighted by atomic mass is 9.97. The number of unbranched alkanes of at least 4 members (excludes halogenated alkanes) is 1. The normalized spacial score (nSPS) is 21.8. The third-order valence-electron chi connectivity index (χ3n) is 17.5. The van der Waals surface area contributed by atoms with Crippen LogP contribution in [0.5, 0.6) is 0 Å². The maximum atomic E-state index is 15.5. The molecule has 33 heteroatoms. The van der Waals surface area contributed by atoms with Crippen LogP contribution < -0.4 is 48.3 Å². The van der Waals surface area contributed by atoms with Crippen LogP contribution in [-0.2, 0) is 72.0 Å². The van der Waals surface area contributed by atoms with Gasteiger partial charge in [-0.2, -0.15) is 0 Å². The quantitative estimate of drug-likeness (QED) is 0.0210. The van der Waals surface area contributed by atoms with Gasteiger partial charge in [0.15, 0.2) is 0 Å². The number of aliphatic hydroxyl groups excluding tert-OH is 3. The fourth-order valence-corrected chi connectivity index (χ4v) is 14.2. The van der Waals surface area contributed by atoms with E-state index in [0.717, 1.165) is 32.4 Å². The number of benzene rings is 4. The van der Waals surface area contributed by atoms with E-state index in [1.165, 1.54) is 13.8 Å². The summed E-state index contributed by atoms with van der Waals surface area (Å²) in [6.07, 6.45) is -1.11. The van der Waals surface area contributed by atoms with Gasteiger partial charge in [0.2, 0.25) is 47.3 Å². The molecule has 5 aromatic rings. The molecule has 0 spiro atoms. The zero-order valence-corrected chi connectivity index (χ0v) is 58.6. The monoisotopic (exact) mass is 1450 g/mol. The van der Waals surface area contributed by atoms with Crippen LogP contribution in [0.4, 0.5) is 0 Å². The van der Waals surface area contributed by atoms with Crippen LogP contribution in [0.1, 0.15) is 49.8 Å². The van der Waals surface area contributed by atoms with Gasteiger partial charge in [-0.05, 0) is 73.2 Å². The summed E-state index contributed by atoms with van der Waals surface area (Å²) in [5, 5.41) is 85.1. The Hall–Kier alpha value is -8.77. The predicted molar refractivity (Wildman–Crippen MR) is 382 cm³/mol. The van der Waals surface area contributed by atoms with E-state index in [0.29, 0.717) is 34.0 Å². The zero-order chi connectivity index (χ0) is 73.8. The molecule has 17 N–H and O–H groups in total. The summed E-state index contributed by atoms with van der Waals surface area (Å²) in [5.41, 5.74) is 8.32. The summed E-state index contributed by atoms with van der Waals surface area (Å²) in [6.45, 7) is 1.21. The zero-order valence-electron chi connectivity index (χ0n) is 57.0. The van der Waals surface area contributed by atoms with Crippen molar-refractivity contribution in [3.05, 3.63) is 120 Å². The number of aromatic amines is 1. The number of nitrogens with two attached hydrogens (primary N) is 1. The number of carbonyl (C=O) groups is 11. The Labute approximate surface area is 597 Å². The molecule has 10 atom stereocenters. The molecule has 2 fully saturated rings. The average molecular weight is 1460 g/mol. The van der Waals surface area contributed by atoms with Crippen molar-refractivity contribution in [2.75, 3.05) is 103 Å². The van der Waals surface area contributed by atoms with Crippen molar-refractivity contribution >= 4 is 108 Å². The minimum Gasteiger partial charge on any atom is -0.480 e. The van der Waals surface area contributed by atoms with Crippen LogP contribution in [0.25, 0.3) is 21.7 Å². The van der Waals surface area contributed by atoms with Crippen molar-refractivity contribution in [1.82, 2.24) is 67.1 Å². The second-order valence-corrected chi connectivity index (χ2v) is 28.0. The first-order valence-corrected chi connectivity index (χ1v) is 36.3. The summed E-state index contributed by atoms with van der Waals surface area (Å²) in [6, 6.07) is 16.5. The van der Waals surface area contributed by atoms with E-state index in [9.17, 15) is 64.2 Å². The standard InChI is InChI=1S/C69H94N14O17S2/c1-42(85)55(39-84)76-68(99)57-41-102-101-40-56(77-64(95)52(31-44-13-4-3-5-14-44)72-58(87)35-80-23-25-81(36-59(88)89)27-29-83(38-61(92)93)30-28-82(26-24-80)37-60(90)91)67(98)75-53(32-46-17-12-16-45-15-6-7-18-48(45)46)66(97)74-54(33-47-34-71-50-20-9-8-19-49(47)50)65(96)73-51(21-10-11-22-70)63(94)79-62(43(2)86)69(100)78-57/h3-9,12-20,34,42-43,51-57,62,71,84-86H,10-11,21-33,35-41,70H2,1-2H3,(H,72,87)(H,73,96)(H,74,97)(H,75,98)(H,76,99)(H,77,95)(H,78,100)(H,79,94)(H,88,89)(H,90,91)(H,92,93)/t42-,43-,51+,52-,53?,54-,55-,56+,57?,62?/m1/s1. The molecule has 8 amide bonds. The smallest absolute Gasteiger partial charge is 0.317 e. The SMILES string of the molecule is C[C@@H](O)C1NC(=O)[C@H](CCCCN)NC(=O)[C@@H](Cc2c[nH]c3ccccc23)NC(=O)C(Cc2cccc3ccccc23)NC(=O)[C@@H](NC(=O)[C@@H](Cc2ccccc2)NC(=O)CN2CCN(CC(=O)O)CCN(CC(=O)O)CCN(CC(=O)O)CC2)CSSCC(C(=O)N[C@H](CO)[C@@H](C)O)NC1=O. The Morgan fingerprint density at radius 3 is 1.67 bits per heavy atom. The lowest BCUT2D eigenvalue weighted by Crippen LogP contribution is -2.62. The first-order valence-electron chi connectivity index (χ1n) is 33.8. The Bertz CT molecular complexity index is 3630. The molecule has 31 nitrogen and oxygen atoms in total. The molecular weight excluding hydrogens is 1360 g/mol. The number of aliphatic carboxylic acids is 3. The molecule has 7 rings (SSSR count). The minimum absolute atomic E-state index is 0.0399. The molecule has 3 unspecified atom stereocenters. The highest BCUT2D eigenvalue weighted by Crippen LogP contribution is 2.26. The van der Waals surface area contributed by atoms with E-state index in [1.54, 1.807) is 80.4 Å². The van der Waals surface area contributed by atoms with Crippen molar-refractivity contribution in [2.45, 2.75) is 113 Å². The summed E-state index contributed by atoms with van der Waals surface area (Å²) in [5.74, 6) is -11.3. The van der Waals surface area contributed by atoms with Crippen LogP contribution in [0.3, 0.4) is 0 Å². The summed E-state index contributed by atoms with van der Waals surface area (Å²) < 4.78 is 0. The van der Waals surface area contributed by atoms with Gasteiger partial charge in [0, 0.05) is 100 Å². The van der Waals surface area contributed by atoms with Crippen LogP contribution in [0, 0.1) is 0 Å². The lowest BCUT2D eigenvalue weighted by Gasteiger charge is -2.33. The third-order valence-corrected chi connectivity index (χ3v) is 20.0. The van der Waals surface area contributed by atoms with Crippen LogP contribution >= 0.6 is 21.6 Å². The number of hydrogen-bond donors (Lipinski definition) is 16. The molecule has 2 aliphatic heterocycles. The molecule has 2 aliphatic rings. The van der Waals surface area contributed by atoms with E-state index < -0.39 is 152 Å². The topological polar surface area (TPSA) is 460 Å². The van der Waals surface area contributed by atoms with E-state index in [1.807, 2.05) is 42.5 Å². The van der Waals surface area contributed by atoms with Gasteiger partial charge in [-0.15, -0.1) is 0 Å². The number of nitrogens with one attached hydrogen (secondary N) is 9. The van der Waals surface area contributed by atoms with Crippen molar-refractivity contribution in [2.24, 2.45) is 5.73 Å². The van der Waals surface area contributed by atoms with Gasteiger partial charge >= 0.3 is 17.9 Å². The number of carbonyl (C=O) groups excluding carboxylic acids is 8. The van der Waals surface area contributed by atoms with Crippen molar-refractivity contribution < 1.29 is 83.4 Å². The number of carboxylic acid groups (broad SMARTS) is 3. The van der Waals surface area contributed by atoms with Crippen molar-refractivity contribution in [3.63, 3.8) is 0 Å². The summed E-state index contributed by atoms with van der Waals surface area (Å²) in [7, 11) is 1.86. The molecule has 102 heavy (non-hydrogen) atoms. The van der Waals surface area contributed by atoms with Crippen molar-refractivity contribution in [3.8, 4) is 0 Å². The highest BCUT2D eigenvalue weighted by atomic mass is 33.1. The Balaban J connectivity index is 1.28. The molecule has 1 aromatic heterocycles. The van der Waals surface area contributed by atoms with Gasteiger partial charge in [-0.25, -0.2) is 0 Å². The van der Waals surface area contributed by atoms with Gasteiger partial charge in [0.25, 0.3) is 0 Å². The molecule has 0 bridgehead atoms. The fraction of sp³-hybridized carbons (Fsp3) is 0.493. The maximum absolute atomic E-state index is 15.5. The number of aliphatic hydroxyl groups is 3. The Kier molecular flexibility index (Phi) is 32.2.